The van der Waals surface area contributed by atoms with Crippen molar-refractivity contribution in [3.63, 3.8) is 0 Å². The number of nitrogens with two attached hydrogens (primary N) is 1. The number of benzene rings is 1. The zero-order chi connectivity index (χ0) is 12.3. The highest BCUT2D eigenvalue weighted by Gasteiger charge is 2.19. The van der Waals surface area contributed by atoms with Crippen molar-refractivity contribution in [3.05, 3.63) is 57.5 Å². The van der Waals surface area contributed by atoms with E-state index in [4.69, 9.17) is 5.84 Å². The molecule has 0 fully saturated rings. The second kappa shape index (κ2) is 5.40. The van der Waals surface area contributed by atoms with E-state index >= 15 is 0 Å². The third-order valence-corrected chi connectivity index (χ3v) is 3.83. The Balaban J connectivity index is 2.44. The molecule has 2 rings (SSSR count). The Morgan fingerprint density at radius 1 is 1.35 bits per heavy atom. The van der Waals surface area contributed by atoms with Crippen LogP contribution in [0.1, 0.15) is 29.0 Å². The third kappa shape index (κ3) is 2.39. The number of aryl methyl sites for hydroxylation is 1. The lowest BCUT2D eigenvalue weighted by Crippen LogP contribution is -2.29. The van der Waals surface area contributed by atoms with Crippen LogP contribution >= 0.6 is 11.3 Å². The summed E-state index contributed by atoms with van der Waals surface area (Å²) in [5.74, 6) is 5.35. The maximum absolute atomic E-state index is 13.8. The van der Waals surface area contributed by atoms with Crippen LogP contribution in [0.5, 0.6) is 0 Å². The van der Waals surface area contributed by atoms with Gasteiger partial charge < -0.3 is 0 Å². The Labute approximate surface area is 104 Å². The van der Waals surface area contributed by atoms with E-state index in [0.29, 0.717) is 5.56 Å². The van der Waals surface area contributed by atoms with Crippen LogP contribution in [0.2, 0.25) is 0 Å². The summed E-state index contributed by atoms with van der Waals surface area (Å²) in [5.41, 5.74) is 4.51. The summed E-state index contributed by atoms with van der Waals surface area (Å²) in [4.78, 5) is 1.08. The summed E-state index contributed by atoms with van der Waals surface area (Å²) in [6.45, 7) is 2.08. The monoisotopic (exact) mass is 250 g/mol. The van der Waals surface area contributed by atoms with E-state index in [1.54, 1.807) is 23.5 Å². The van der Waals surface area contributed by atoms with Crippen LogP contribution in [0.3, 0.4) is 0 Å². The molecule has 1 aromatic heterocycles. The number of hydrogen-bond acceptors (Lipinski definition) is 3. The minimum atomic E-state index is -0.272. The zero-order valence-electron chi connectivity index (χ0n) is 9.61. The summed E-state index contributed by atoms with van der Waals surface area (Å²) in [7, 11) is 0. The van der Waals surface area contributed by atoms with Crippen LogP contribution in [0, 0.1) is 5.82 Å². The van der Waals surface area contributed by atoms with Crippen molar-refractivity contribution in [3.8, 4) is 0 Å². The minimum Gasteiger partial charge on any atom is -0.271 e. The van der Waals surface area contributed by atoms with Crippen LogP contribution in [-0.2, 0) is 6.42 Å². The first-order valence-corrected chi connectivity index (χ1v) is 6.42. The fraction of sp³-hybridized carbons (Fsp3) is 0.231. The molecule has 0 radical (unpaired) electrons. The number of hydrogen-bond donors (Lipinski definition) is 2. The number of nitrogens with one attached hydrogen (secondary N) is 1. The molecular weight excluding hydrogens is 235 g/mol. The summed E-state index contributed by atoms with van der Waals surface area (Å²) in [6, 6.07) is 8.51. The van der Waals surface area contributed by atoms with Crippen molar-refractivity contribution in [2.75, 3.05) is 0 Å². The fourth-order valence-electron chi connectivity index (χ4n) is 1.91. The molecule has 17 heavy (non-hydrogen) atoms. The van der Waals surface area contributed by atoms with E-state index in [0.717, 1.165) is 11.3 Å². The Morgan fingerprint density at radius 2 is 2.12 bits per heavy atom. The summed E-state index contributed by atoms with van der Waals surface area (Å²) >= 11 is 1.60. The van der Waals surface area contributed by atoms with Crippen molar-refractivity contribution in [2.45, 2.75) is 19.4 Å². The van der Waals surface area contributed by atoms with Gasteiger partial charge in [-0.05, 0) is 29.5 Å². The van der Waals surface area contributed by atoms with Gasteiger partial charge in [-0.15, -0.1) is 11.3 Å². The first-order valence-electron chi connectivity index (χ1n) is 5.54. The third-order valence-electron chi connectivity index (χ3n) is 2.81. The van der Waals surface area contributed by atoms with Gasteiger partial charge in [-0.1, -0.05) is 25.1 Å². The summed E-state index contributed by atoms with van der Waals surface area (Å²) in [5, 5.41) is 2.01. The molecule has 0 amide bonds. The molecule has 0 saturated heterocycles. The molecule has 2 nitrogen and oxygen atoms in total. The van der Waals surface area contributed by atoms with Gasteiger partial charge in [-0.3, -0.25) is 5.84 Å². The van der Waals surface area contributed by atoms with Gasteiger partial charge in [-0.2, -0.15) is 0 Å². The highest BCUT2D eigenvalue weighted by atomic mass is 32.1. The second-order valence-electron chi connectivity index (χ2n) is 3.78. The van der Waals surface area contributed by atoms with Gasteiger partial charge in [0.15, 0.2) is 0 Å². The standard InChI is InChI=1S/C13H15FN2S/c1-2-9-7-8-17-13(9)12(16-15)10-5-3-4-6-11(10)14/h3-8,12,16H,2,15H2,1H3. The molecule has 4 heteroatoms. The van der Waals surface area contributed by atoms with Crippen molar-refractivity contribution in [1.29, 1.82) is 0 Å². The van der Waals surface area contributed by atoms with Gasteiger partial charge in [0.25, 0.3) is 0 Å². The highest BCUT2D eigenvalue weighted by molar-refractivity contribution is 7.10. The van der Waals surface area contributed by atoms with E-state index in [-0.39, 0.29) is 11.9 Å². The number of thiophene rings is 1. The van der Waals surface area contributed by atoms with Crippen LogP contribution in [0.15, 0.2) is 35.7 Å². The van der Waals surface area contributed by atoms with E-state index < -0.39 is 0 Å². The molecule has 0 saturated carbocycles. The normalized spacial score (nSPS) is 12.6. The first kappa shape index (κ1) is 12.2. The molecule has 0 aliphatic carbocycles. The van der Waals surface area contributed by atoms with Crippen molar-refractivity contribution >= 4 is 11.3 Å². The van der Waals surface area contributed by atoms with Gasteiger partial charge >= 0.3 is 0 Å². The van der Waals surface area contributed by atoms with Gasteiger partial charge in [-0.25, -0.2) is 9.82 Å². The van der Waals surface area contributed by atoms with Crippen LogP contribution in [-0.4, -0.2) is 0 Å². The first-order chi connectivity index (χ1) is 8.27. The van der Waals surface area contributed by atoms with Crippen molar-refractivity contribution in [1.82, 2.24) is 5.43 Å². The Morgan fingerprint density at radius 3 is 2.76 bits per heavy atom. The van der Waals surface area contributed by atoms with Gasteiger partial charge in [0.1, 0.15) is 5.82 Å². The van der Waals surface area contributed by atoms with Gasteiger partial charge in [0, 0.05) is 10.4 Å². The van der Waals surface area contributed by atoms with Gasteiger partial charge in [0.05, 0.1) is 6.04 Å². The zero-order valence-corrected chi connectivity index (χ0v) is 10.4. The quantitative estimate of drug-likeness (QED) is 0.646. The fourth-order valence-corrected chi connectivity index (χ4v) is 2.98. The van der Waals surface area contributed by atoms with Gasteiger partial charge in [0.2, 0.25) is 0 Å². The van der Waals surface area contributed by atoms with E-state index in [2.05, 4.69) is 18.4 Å². The molecule has 1 heterocycles. The van der Waals surface area contributed by atoms with E-state index in [1.807, 2.05) is 11.4 Å². The SMILES string of the molecule is CCc1ccsc1C(NN)c1ccccc1F. The van der Waals surface area contributed by atoms with Crippen LogP contribution in [0.4, 0.5) is 4.39 Å². The number of halogens is 1. The highest BCUT2D eigenvalue weighted by Crippen LogP contribution is 2.30. The Kier molecular flexibility index (Phi) is 3.89. The molecule has 1 aromatic carbocycles. The molecular formula is C13H15FN2S. The predicted molar refractivity (Wildman–Crippen MR) is 69.3 cm³/mol. The molecule has 0 spiro atoms. The minimum absolute atomic E-state index is 0.231. The maximum Gasteiger partial charge on any atom is 0.128 e. The number of hydrazine groups is 1. The molecule has 90 valence electrons. The number of rotatable bonds is 4. The van der Waals surface area contributed by atoms with E-state index in [9.17, 15) is 4.39 Å². The second-order valence-corrected chi connectivity index (χ2v) is 4.73. The van der Waals surface area contributed by atoms with Crippen LogP contribution in [0.25, 0.3) is 0 Å². The average Bonchev–Trinajstić information content (AvgIpc) is 2.81. The molecule has 3 N–H and O–H groups in total. The molecule has 1 atom stereocenters. The average molecular weight is 250 g/mol. The molecule has 0 aliphatic rings. The summed E-state index contributed by atoms with van der Waals surface area (Å²) in [6.07, 6.45) is 0.922. The largest absolute Gasteiger partial charge is 0.271 e. The van der Waals surface area contributed by atoms with Crippen LogP contribution < -0.4 is 11.3 Å². The summed E-state index contributed by atoms with van der Waals surface area (Å²) < 4.78 is 13.8. The lowest BCUT2D eigenvalue weighted by atomic mass is 10.0. The van der Waals surface area contributed by atoms with E-state index in [1.165, 1.54) is 11.6 Å². The predicted octanol–water partition coefficient (Wildman–Crippen LogP) is 3.00. The smallest absolute Gasteiger partial charge is 0.128 e. The molecule has 0 bridgehead atoms. The Bertz CT molecular complexity index is 496. The molecule has 0 aliphatic heterocycles. The molecule has 2 aromatic rings. The topological polar surface area (TPSA) is 38.0 Å². The van der Waals surface area contributed by atoms with Crippen molar-refractivity contribution in [2.24, 2.45) is 5.84 Å². The lowest BCUT2D eigenvalue weighted by Gasteiger charge is -2.17. The maximum atomic E-state index is 13.8. The Hall–Kier alpha value is -1.23. The molecule has 1 unspecified atom stereocenters. The van der Waals surface area contributed by atoms with Crippen molar-refractivity contribution < 1.29 is 4.39 Å². The lowest BCUT2D eigenvalue weighted by molar-refractivity contribution is 0.562.